The van der Waals surface area contributed by atoms with Crippen LogP contribution in [0.4, 0.5) is 5.69 Å². The van der Waals surface area contributed by atoms with E-state index < -0.39 is 11.9 Å². The van der Waals surface area contributed by atoms with Crippen LogP contribution in [0.5, 0.6) is 11.5 Å². The lowest BCUT2D eigenvalue weighted by Crippen LogP contribution is -2.16. The molecule has 0 bridgehead atoms. The van der Waals surface area contributed by atoms with Crippen molar-refractivity contribution >= 4 is 33.5 Å². The first-order valence-electron chi connectivity index (χ1n) is 6.91. The van der Waals surface area contributed by atoms with Gasteiger partial charge in [0.15, 0.2) is 0 Å². The molecule has 126 valence electrons. The maximum atomic E-state index is 12.5. The minimum atomic E-state index is -0.575. The van der Waals surface area contributed by atoms with E-state index >= 15 is 0 Å². The molecule has 7 heteroatoms. The fourth-order valence-corrected chi connectivity index (χ4v) is 2.46. The standard InChI is InChI=1S/C17H16BrNO5/c1-22-10-4-6-14(18)12(8-10)16(20)19-15-7-5-11(23-2)9-13(15)17(21)24-3/h4-9H,1-3H3,(H,19,20). The molecule has 2 rings (SSSR count). The van der Waals surface area contributed by atoms with Crippen molar-refractivity contribution in [2.45, 2.75) is 0 Å². The quantitative estimate of drug-likeness (QED) is 0.786. The van der Waals surface area contributed by atoms with Gasteiger partial charge in [-0.2, -0.15) is 0 Å². The number of hydrogen-bond donors (Lipinski definition) is 1. The lowest BCUT2D eigenvalue weighted by Gasteiger charge is -2.12. The number of nitrogens with one attached hydrogen (secondary N) is 1. The second-order valence-corrected chi connectivity index (χ2v) is 5.56. The second-order valence-electron chi connectivity index (χ2n) is 4.70. The molecule has 0 unspecified atom stereocenters. The zero-order valence-corrected chi connectivity index (χ0v) is 15.0. The molecule has 0 aliphatic heterocycles. The summed E-state index contributed by atoms with van der Waals surface area (Å²) in [5.41, 5.74) is 0.896. The number of halogens is 1. The van der Waals surface area contributed by atoms with E-state index in [-0.39, 0.29) is 5.56 Å². The van der Waals surface area contributed by atoms with Crippen molar-refractivity contribution in [1.82, 2.24) is 0 Å². The Bertz CT molecular complexity index is 776. The number of methoxy groups -OCH3 is 3. The molecule has 0 fully saturated rings. The number of amides is 1. The van der Waals surface area contributed by atoms with Crippen molar-refractivity contribution in [3.63, 3.8) is 0 Å². The van der Waals surface area contributed by atoms with E-state index in [9.17, 15) is 9.59 Å². The normalized spacial score (nSPS) is 10.0. The number of ether oxygens (including phenoxy) is 3. The molecular weight excluding hydrogens is 378 g/mol. The molecule has 0 aliphatic rings. The lowest BCUT2D eigenvalue weighted by molar-refractivity contribution is 0.0601. The second kappa shape index (κ2) is 7.83. The van der Waals surface area contributed by atoms with Crippen molar-refractivity contribution in [3.05, 3.63) is 52.0 Å². The van der Waals surface area contributed by atoms with E-state index in [0.29, 0.717) is 27.2 Å². The van der Waals surface area contributed by atoms with Crippen molar-refractivity contribution < 1.29 is 23.8 Å². The van der Waals surface area contributed by atoms with Crippen LogP contribution in [0, 0.1) is 0 Å². The summed E-state index contributed by atoms with van der Waals surface area (Å²) in [5, 5.41) is 2.70. The molecule has 0 atom stereocenters. The maximum absolute atomic E-state index is 12.5. The van der Waals surface area contributed by atoms with E-state index in [1.54, 1.807) is 30.3 Å². The summed E-state index contributed by atoms with van der Waals surface area (Å²) in [6.45, 7) is 0. The number of carbonyl (C=O) groups is 2. The summed E-state index contributed by atoms with van der Waals surface area (Å²) in [5.74, 6) is 0.0623. The van der Waals surface area contributed by atoms with E-state index in [1.165, 1.54) is 27.4 Å². The molecule has 1 amide bonds. The number of benzene rings is 2. The summed E-state index contributed by atoms with van der Waals surface area (Å²) in [6.07, 6.45) is 0. The van der Waals surface area contributed by atoms with E-state index in [2.05, 4.69) is 21.2 Å². The van der Waals surface area contributed by atoms with E-state index in [1.807, 2.05) is 0 Å². The van der Waals surface area contributed by atoms with Crippen LogP contribution in [-0.4, -0.2) is 33.2 Å². The predicted octanol–water partition coefficient (Wildman–Crippen LogP) is 3.51. The van der Waals surface area contributed by atoms with Gasteiger partial charge < -0.3 is 19.5 Å². The molecule has 0 aromatic heterocycles. The number of hydrogen-bond acceptors (Lipinski definition) is 5. The molecule has 1 N–H and O–H groups in total. The largest absolute Gasteiger partial charge is 0.497 e. The van der Waals surface area contributed by atoms with Gasteiger partial charge >= 0.3 is 5.97 Å². The first-order chi connectivity index (χ1) is 11.5. The summed E-state index contributed by atoms with van der Waals surface area (Å²) in [7, 11) is 4.28. The van der Waals surface area contributed by atoms with Crippen molar-refractivity contribution in [3.8, 4) is 11.5 Å². The Labute approximate surface area is 147 Å². The lowest BCUT2D eigenvalue weighted by atomic mass is 10.1. The number of anilines is 1. The fourth-order valence-electron chi connectivity index (χ4n) is 2.03. The van der Waals surface area contributed by atoms with Crippen LogP contribution < -0.4 is 14.8 Å². The summed E-state index contributed by atoms with van der Waals surface area (Å²) in [6, 6.07) is 9.76. The third-order valence-corrected chi connectivity index (χ3v) is 3.99. The van der Waals surface area contributed by atoms with E-state index in [4.69, 9.17) is 14.2 Å². The monoisotopic (exact) mass is 393 g/mol. The van der Waals surface area contributed by atoms with Gasteiger partial charge in [0, 0.05) is 4.47 Å². The minimum absolute atomic E-state index is 0.198. The number of esters is 1. The average Bonchev–Trinajstić information content (AvgIpc) is 2.61. The molecule has 0 saturated heterocycles. The van der Waals surface area contributed by atoms with Crippen LogP contribution in [0.15, 0.2) is 40.9 Å². The smallest absolute Gasteiger partial charge is 0.340 e. The molecular formula is C17H16BrNO5. The highest BCUT2D eigenvalue weighted by Crippen LogP contribution is 2.26. The van der Waals surface area contributed by atoms with Crippen LogP contribution in [0.25, 0.3) is 0 Å². The molecule has 6 nitrogen and oxygen atoms in total. The Kier molecular flexibility index (Phi) is 5.81. The number of rotatable bonds is 5. The van der Waals surface area contributed by atoms with Crippen molar-refractivity contribution in [2.75, 3.05) is 26.6 Å². The Morgan fingerprint density at radius 2 is 1.50 bits per heavy atom. The van der Waals surface area contributed by atoms with Gasteiger partial charge in [-0.3, -0.25) is 4.79 Å². The average molecular weight is 394 g/mol. The molecule has 24 heavy (non-hydrogen) atoms. The van der Waals surface area contributed by atoms with Crippen molar-refractivity contribution in [2.24, 2.45) is 0 Å². The Hall–Kier alpha value is -2.54. The molecule has 2 aromatic carbocycles. The molecule has 0 saturated carbocycles. The molecule has 2 aromatic rings. The van der Waals surface area contributed by atoms with Gasteiger partial charge in [-0.15, -0.1) is 0 Å². The summed E-state index contributed by atoms with van der Waals surface area (Å²) < 4.78 is 15.6. The van der Waals surface area contributed by atoms with Gasteiger partial charge in [0.05, 0.1) is 38.1 Å². The van der Waals surface area contributed by atoms with Crippen LogP contribution in [-0.2, 0) is 4.74 Å². The fraction of sp³-hybridized carbons (Fsp3) is 0.176. The third kappa shape index (κ3) is 3.86. The zero-order chi connectivity index (χ0) is 17.7. The highest BCUT2D eigenvalue weighted by Gasteiger charge is 2.18. The van der Waals surface area contributed by atoms with Crippen LogP contribution in [0.2, 0.25) is 0 Å². The van der Waals surface area contributed by atoms with Gasteiger partial charge in [0.25, 0.3) is 5.91 Å². The number of carbonyl (C=O) groups excluding carboxylic acids is 2. The van der Waals surface area contributed by atoms with Crippen LogP contribution in [0.3, 0.4) is 0 Å². The highest BCUT2D eigenvalue weighted by atomic mass is 79.9. The summed E-state index contributed by atoms with van der Waals surface area (Å²) in [4.78, 5) is 24.5. The van der Waals surface area contributed by atoms with Crippen molar-refractivity contribution in [1.29, 1.82) is 0 Å². The molecule has 0 radical (unpaired) electrons. The topological polar surface area (TPSA) is 73.9 Å². The van der Waals surface area contributed by atoms with Crippen LogP contribution >= 0.6 is 15.9 Å². The Morgan fingerprint density at radius 3 is 2.08 bits per heavy atom. The molecule has 0 spiro atoms. The Balaban J connectivity index is 2.37. The summed E-state index contributed by atoms with van der Waals surface area (Å²) >= 11 is 3.33. The van der Waals surface area contributed by atoms with Crippen LogP contribution in [0.1, 0.15) is 20.7 Å². The predicted molar refractivity (Wildman–Crippen MR) is 93.0 cm³/mol. The maximum Gasteiger partial charge on any atom is 0.340 e. The molecule has 0 heterocycles. The highest BCUT2D eigenvalue weighted by molar-refractivity contribution is 9.10. The SMILES string of the molecule is COC(=O)c1cc(OC)ccc1NC(=O)c1cc(OC)ccc1Br. The van der Waals surface area contributed by atoms with Gasteiger partial charge in [0.1, 0.15) is 11.5 Å². The molecule has 0 aliphatic carbocycles. The minimum Gasteiger partial charge on any atom is -0.497 e. The van der Waals surface area contributed by atoms with Gasteiger partial charge in [-0.1, -0.05) is 0 Å². The third-order valence-electron chi connectivity index (χ3n) is 3.30. The zero-order valence-electron chi connectivity index (χ0n) is 13.4. The van der Waals surface area contributed by atoms with Gasteiger partial charge in [-0.25, -0.2) is 4.79 Å². The van der Waals surface area contributed by atoms with E-state index in [0.717, 1.165) is 0 Å². The first-order valence-corrected chi connectivity index (χ1v) is 7.70. The Morgan fingerprint density at radius 1 is 0.917 bits per heavy atom. The first kappa shape index (κ1) is 17.8. The van der Waals surface area contributed by atoms with Gasteiger partial charge in [0.2, 0.25) is 0 Å². The van der Waals surface area contributed by atoms with Gasteiger partial charge in [-0.05, 0) is 52.3 Å².